The summed E-state index contributed by atoms with van der Waals surface area (Å²) in [4.78, 5) is 4.14. The number of aliphatic hydroxyl groups is 1. The quantitative estimate of drug-likeness (QED) is 0.820. The van der Waals surface area contributed by atoms with Crippen molar-refractivity contribution in [2.75, 3.05) is 0 Å². The molecule has 0 aromatic carbocycles. The molecule has 1 unspecified atom stereocenters. The molecule has 0 bridgehead atoms. The summed E-state index contributed by atoms with van der Waals surface area (Å²) in [5.41, 5.74) is 0.623. The van der Waals surface area contributed by atoms with Crippen LogP contribution in [0.1, 0.15) is 26.5 Å². The summed E-state index contributed by atoms with van der Waals surface area (Å²) in [6, 6.07) is 3.58. The molecule has 78 valence electrons. The van der Waals surface area contributed by atoms with Crippen LogP contribution in [-0.4, -0.2) is 16.2 Å². The molecule has 0 aliphatic carbocycles. The van der Waals surface area contributed by atoms with Crippen molar-refractivity contribution in [1.29, 1.82) is 0 Å². The molecule has 0 spiro atoms. The van der Waals surface area contributed by atoms with E-state index in [1.54, 1.807) is 18.3 Å². The Bertz CT molecular complexity index is 306. The molecule has 1 rings (SSSR count). The number of pyridine rings is 1. The molecule has 0 aliphatic heterocycles. The summed E-state index contributed by atoms with van der Waals surface area (Å²) in [7, 11) is 0. The van der Waals surface area contributed by atoms with Gasteiger partial charge in [0.1, 0.15) is 0 Å². The highest BCUT2D eigenvalue weighted by molar-refractivity contribution is 6.31. The van der Waals surface area contributed by atoms with E-state index in [4.69, 9.17) is 11.6 Å². The predicted molar refractivity (Wildman–Crippen MR) is 58.4 cm³/mol. The van der Waals surface area contributed by atoms with E-state index < -0.39 is 6.10 Å². The van der Waals surface area contributed by atoms with Gasteiger partial charge < -0.3 is 5.11 Å². The van der Waals surface area contributed by atoms with Gasteiger partial charge in [0.05, 0.1) is 16.8 Å². The molecule has 0 saturated heterocycles. The molecule has 3 heteroatoms. The first kappa shape index (κ1) is 11.5. The summed E-state index contributed by atoms with van der Waals surface area (Å²) >= 11 is 5.94. The van der Waals surface area contributed by atoms with E-state index in [0.717, 1.165) is 5.69 Å². The average molecular weight is 214 g/mol. The fourth-order valence-electron chi connectivity index (χ4n) is 1.06. The third-order valence-electron chi connectivity index (χ3n) is 2.22. The van der Waals surface area contributed by atoms with Gasteiger partial charge in [0.25, 0.3) is 0 Å². The molecule has 1 aromatic heterocycles. The van der Waals surface area contributed by atoms with Crippen LogP contribution in [0.25, 0.3) is 0 Å². The van der Waals surface area contributed by atoms with Gasteiger partial charge in [-0.25, -0.2) is 0 Å². The lowest BCUT2D eigenvalue weighted by Crippen LogP contribution is -2.28. The molecule has 0 radical (unpaired) electrons. The first-order valence-electron chi connectivity index (χ1n) is 4.68. The van der Waals surface area contributed by atoms with Gasteiger partial charge in [-0.15, -0.1) is 0 Å². The van der Waals surface area contributed by atoms with Crippen molar-refractivity contribution in [3.8, 4) is 0 Å². The van der Waals surface area contributed by atoms with Gasteiger partial charge in [0.2, 0.25) is 0 Å². The largest absolute Gasteiger partial charge is 0.392 e. The molecule has 0 saturated carbocycles. The molecule has 1 heterocycles. The Morgan fingerprint density at radius 3 is 2.64 bits per heavy atom. The van der Waals surface area contributed by atoms with Crippen LogP contribution in [-0.2, 0) is 6.42 Å². The topological polar surface area (TPSA) is 33.1 Å². The summed E-state index contributed by atoms with van der Waals surface area (Å²) in [6.07, 6.45) is 1.77. The summed E-state index contributed by atoms with van der Waals surface area (Å²) in [5, 5.41) is 10.5. The second kappa shape index (κ2) is 4.28. The second-order valence-corrected chi connectivity index (χ2v) is 4.93. The molecule has 2 nitrogen and oxygen atoms in total. The van der Waals surface area contributed by atoms with E-state index in [0.29, 0.717) is 11.4 Å². The molecule has 1 N–H and O–H groups in total. The number of aliphatic hydroxyl groups excluding tert-OH is 1. The Labute approximate surface area is 89.9 Å². The van der Waals surface area contributed by atoms with Crippen molar-refractivity contribution >= 4 is 11.6 Å². The van der Waals surface area contributed by atoms with Gasteiger partial charge in [-0.2, -0.15) is 0 Å². The van der Waals surface area contributed by atoms with Crippen molar-refractivity contribution in [1.82, 2.24) is 4.98 Å². The van der Waals surface area contributed by atoms with E-state index in [2.05, 4.69) is 4.98 Å². The fraction of sp³-hybridized carbons (Fsp3) is 0.545. The molecule has 0 aliphatic rings. The maximum absolute atomic E-state index is 9.86. The van der Waals surface area contributed by atoms with E-state index >= 15 is 0 Å². The van der Waals surface area contributed by atoms with Crippen LogP contribution >= 0.6 is 11.6 Å². The van der Waals surface area contributed by atoms with Gasteiger partial charge in [0, 0.05) is 12.6 Å². The Kier molecular flexibility index (Phi) is 3.51. The number of aromatic nitrogens is 1. The van der Waals surface area contributed by atoms with Crippen LogP contribution in [0.2, 0.25) is 5.02 Å². The minimum Gasteiger partial charge on any atom is -0.392 e. The SMILES string of the molecule is CC(C)(C)C(O)Cc1ncccc1Cl. The van der Waals surface area contributed by atoms with Gasteiger partial charge >= 0.3 is 0 Å². The van der Waals surface area contributed by atoms with E-state index in [-0.39, 0.29) is 5.41 Å². The van der Waals surface area contributed by atoms with Crippen LogP contribution < -0.4 is 0 Å². The van der Waals surface area contributed by atoms with E-state index in [9.17, 15) is 5.11 Å². The number of hydrogen-bond acceptors (Lipinski definition) is 2. The first-order chi connectivity index (χ1) is 6.41. The molecule has 14 heavy (non-hydrogen) atoms. The summed E-state index contributed by atoms with van der Waals surface area (Å²) in [5.74, 6) is 0. The molecule has 1 atom stereocenters. The van der Waals surface area contributed by atoms with Crippen molar-refractivity contribution in [2.24, 2.45) is 5.41 Å². The minimum absolute atomic E-state index is 0.138. The van der Waals surface area contributed by atoms with E-state index in [1.807, 2.05) is 20.8 Å². The Morgan fingerprint density at radius 1 is 1.50 bits per heavy atom. The number of hydrogen-bond donors (Lipinski definition) is 1. The van der Waals surface area contributed by atoms with Gasteiger partial charge in [-0.1, -0.05) is 32.4 Å². The third kappa shape index (κ3) is 2.96. The molecule has 0 amide bonds. The lowest BCUT2D eigenvalue weighted by molar-refractivity contribution is 0.0628. The second-order valence-electron chi connectivity index (χ2n) is 4.52. The predicted octanol–water partition coefficient (Wildman–Crippen LogP) is 2.68. The van der Waals surface area contributed by atoms with Crippen molar-refractivity contribution in [2.45, 2.75) is 33.3 Å². The summed E-state index contributed by atoms with van der Waals surface area (Å²) < 4.78 is 0. The minimum atomic E-state index is -0.421. The van der Waals surface area contributed by atoms with Gasteiger partial charge in [-0.05, 0) is 17.5 Å². The monoisotopic (exact) mass is 213 g/mol. The lowest BCUT2D eigenvalue weighted by Gasteiger charge is -2.25. The van der Waals surface area contributed by atoms with Gasteiger partial charge in [0.15, 0.2) is 0 Å². The normalized spacial score (nSPS) is 14.1. The molecule has 0 fully saturated rings. The van der Waals surface area contributed by atoms with Crippen molar-refractivity contribution in [3.05, 3.63) is 29.0 Å². The highest BCUT2D eigenvalue weighted by Gasteiger charge is 2.23. The van der Waals surface area contributed by atoms with Crippen molar-refractivity contribution in [3.63, 3.8) is 0 Å². The lowest BCUT2D eigenvalue weighted by atomic mass is 9.86. The zero-order chi connectivity index (χ0) is 10.8. The maximum atomic E-state index is 9.86. The number of rotatable bonds is 2. The molecular formula is C11H16ClNO. The third-order valence-corrected chi connectivity index (χ3v) is 2.57. The van der Waals surface area contributed by atoms with Crippen LogP contribution in [0.15, 0.2) is 18.3 Å². The van der Waals surface area contributed by atoms with Crippen LogP contribution in [0, 0.1) is 5.41 Å². The van der Waals surface area contributed by atoms with Gasteiger partial charge in [-0.3, -0.25) is 4.98 Å². The standard InChI is InChI=1S/C11H16ClNO/c1-11(2,3)10(14)7-9-8(12)5-4-6-13-9/h4-6,10,14H,7H2,1-3H3. The molecular weight excluding hydrogens is 198 g/mol. The highest BCUT2D eigenvalue weighted by atomic mass is 35.5. The first-order valence-corrected chi connectivity index (χ1v) is 5.06. The Balaban J connectivity index is 2.75. The molecule has 1 aromatic rings. The fourth-order valence-corrected chi connectivity index (χ4v) is 1.26. The highest BCUT2D eigenvalue weighted by Crippen LogP contribution is 2.24. The Morgan fingerprint density at radius 2 is 2.14 bits per heavy atom. The Hall–Kier alpha value is -0.600. The number of halogens is 1. The van der Waals surface area contributed by atoms with Crippen LogP contribution in [0.5, 0.6) is 0 Å². The smallest absolute Gasteiger partial charge is 0.0644 e. The maximum Gasteiger partial charge on any atom is 0.0644 e. The average Bonchev–Trinajstić information content (AvgIpc) is 2.07. The van der Waals surface area contributed by atoms with Crippen molar-refractivity contribution < 1.29 is 5.11 Å². The summed E-state index contributed by atoms with van der Waals surface area (Å²) in [6.45, 7) is 5.98. The van der Waals surface area contributed by atoms with Crippen LogP contribution in [0.3, 0.4) is 0 Å². The van der Waals surface area contributed by atoms with Crippen LogP contribution in [0.4, 0.5) is 0 Å². The zero-order valence-electron chi connectivity index (χ0n) is 8.79. The zero-order valence-corrected chi connectivity index (χ0v) is 9.54. The van der Waals surface area contributed by atoms with E-state index in [1.165, 1.54) is 0 Å². The number of nitrogens with zero attached hydrogens (tertiary/aromatic N) is 1.